The van der Waals surface area contributed by atoms with Gasteiger partial charge in [0.25, 0.3) is 5.91 Å². The van der Waals surface area contributed by atoms with Crippen LogP contribution in [0.5, 0.6) is 0 Å². The summed E-state index contributed by atoms with van der Waals surface area (Å²) in [6.45, 7) is 0.634. The van der Waals surface area contributed by atoms with Crippen LogP contribution in [0.25, 0.3) is 10.9 Å². The van der Waals surface area contributed by atoms with Crippen molar-refractivity contribution in [3.05, 3.63) is 99.9 Å². The van der Waals surface area contributed by atoms with Gasteiger partial charge in [-0.05, 0) is 35.9 Å². The Bertz CT molecular complexity index is 1200. The summed E-state index contributed by atoms with van der Waals surface area (Å²) in [5.41, 5.74) is 6.04. The zero-order chi connectivity index (χ0) is 20.2. The fraction of sp³-hybridized carbons (Fsp3) is 0.0455. The van der Waals surface area contributed by atoms with Gasteiger partial charge in [0.05, 0.1) is 16.3 Å². The molecule has 2 aromatic carbocycles. The number of carbonyl (C=O) groups excluding carboxylic acids is 1. The highest BCUT2D eigenvalue weighted by molar-refractivity contribution is 6.42. The number of carbonyl (C=O) groups is 1. The van der Waals surface area contributed by atoms with Crippen LogP contribution in [0.1, 0.15) is 21.5 Å². The molecule has 0 aliphatic rings. The molecule has 0 aliphatic heterocycles. The number of halogens is 2. The first-order valence-corrected chi connectivity index (χ1v) is 9.62. The molecule has 0 saturated carbocycles. The van der Waals surface area contributed by atoms with E-state index in [1.165, 1.54) is 0 Å². The van der Waals surface area contributed by atoms with Crippen LogP contribution in [-0.4, -0.2) is 21.7 Å². The van der Waals surface area contributed by atoms with Gasteiger partial charge in [-0.1, -0.05) is 47.5 Å². The Balaban J connectivity index is 1.58. The molecule has 1 N–H and O–H groups in total. The molecule has 0 aliphatic carbocycles. The topological polar surface area (TPSA) is 59.3 Å². The fourth-order valence-corrected chi connectivity index (χ4v) is 3.39. The monoisotopic (exact) mass is 422 g/mol. The largest absolute Gasteiger partial charge is 0.342 e. The minimum Gasteiger partial charge on any atom is -0.342 e. The van der Waals surface area contributed by atoms with E-state index in [0.717, 1.165) is 22.0 Å². The van der Waals surface area contributed by atoms with Gasteiger partial charge in [-0.15, -0.1) is 0 Å². The van der Waals surface area contributed by atoms with E-state index in [1.54, 1.807) is 36.8 Å². The van der Waals surface area contributed by atoms with E-state index in [9.17, 15) is 4.79 Å². The summed E-state index contributed by atoms with van der Waals surface area (Å²) in [5, 5.41) is 6.22. The minimum absolute atomic E-state index is 0.289. The molecule has 2 aromatic heterocycles. The van der Waals surface area contributed by atoms with Crippen LogP contribution < -0.4 is 5.43 Å². The van der Waals surface area contributed by atoms with Crippen molar-refractivity contribution in [2.24, 2.45) is 5.10 Å². The molecular formula is C22H16Cl2N4O. The highest BCUT2D eigenvalue weighted by atomic mass is 35.5. The number of amides is 1. The normalized spacial score (nSPS) is 11.2. The van der Waals surface area contributed by atoms with E-state index in [4.69, 9.17) is 23.2 Å². The second kappa shape index (κ2) is 8.47. The summed E-state index contributed by atoms with van der Waals surface area (Å²) in [7, 11) is 0. The molecule has 2 heterocycles. The number of aromatic nitrogens is 2. The predicted octanol–water partition coefficient (Wildman–Crippen LogP) is 5.16. The molecule has 29 heavy (non-hydrogen) atoms. The first kappa shape index (κ1) is 19.2. The van der Waals surface area contributed by atoms with Crippen molar-refractivity contribution in [2.75, 3.05) is 0 Å². The van der Waals surface area contributed by atoms with Crippen molar-refractivity contribution in [1.29, 1.82) is 0 Å². The molecular weight excluding hydrogens is 407 g/mol. The van der Waals surface area contributed by atoms with Crippen LogP contribution in [0.3, 0.4) is 0 Å². The molecule has 1 amide bonds. The number of hydrazone groups is 1. The first-order valence-electron chi connectivity index (χ1n) is 8.87. The third-order valence-corrected chi connectivity index (χ3v) is 5.21. The predicted molar refractivity (Wildman–Crippen MR) is 117 cm³/mol. The van der Waals surface area contributed by atoms with Crippen LogP contribution in [-0.2, 0) is 6.54 Å². The van der Waals surface area contributed by atoms with E-state index in [-0.39, 0.29) is 5.91 Å². The maximum Gasteiger partial charge on any atom is 0.271 e. The van der Waals surface area contributed by atoms with Gasteiger partial charge < -0.3 is 4.57 Å². The number of hydrogen-bond acceptors (Lipinski definition) is 3. The van der Waals surface area contributed by atoms with Crippen molar-refractivity contribution < 1.29 is 4.79 Å². The molecule has 0 saturated heterocycles. The van der Waals surface area contributed by atoms with Crippen molar-refractivity contribution in [2.45, 2.75) is 6.54 Å². The zero-order valence-corrected chi connectivity index (χ0v) is 16.7. The molecule has 4 aromatic rings. The molecule has 0 bridgehead atoms. The molecule has 0 spiro atoms. The first-order chi connectivity index (χ1) is 14.1. The number of nitrogens with one attached hydrogen (secondary N) is 1. The van der Waals surface area contributed by atoms with E-state index in [1.807, 2.05) is 42.6 Å². The van der Waals surface area contributed by atoms with Crippen molar-refractivity contribution in [3.8, 4) is 0 Å². The highest BCUT2D eigenvalue weighted by Crippen LogP contribution is 2.25. The maximum atomic E-state index is 12.1. The Morgan fingerprint density at radius 2 is 1.86 bits per heavy atom. The van der Waals surface area contributed by atoms with Gasteiger partial charge in [0.1, 0.15) is 0 Å². The Morgan fingerprint density at radius 1 is 1.07 bits per heavy atom. The molecule has 0 radical (unpaired) electrons. The lowest BCUT2D eigenvalue weighted by atomic mass is 10.2. The minimum atomic E-state index is -0.289. The quantitative estimate of drug-likeness (QED) is 0.356. The number of benzene rings is 2. The van der Waals surface area contributed by atoms with E-state index < -0.39 is 0 Å². The molecule has 4 rings (SSSR count). The van der Waals surface area contributed by atoms with Gasteiger partial charge in [0, 0.05) is 47.2 Å². The van der Waals surface area contributed by atoms with Gasteiger partial charge in [-0.25, -0.2) is 5.43 Å². The van der Waals surface area contributed by atoms with Crippen LogP contribution >= 0.6 is 23.2 Å². The third kappa shape index (κ3) is 4.31. The Kier molecular flexibility index (Phi) is 5.60. The van der Waals surface area contributed by atoms with Crippen LogP contribution in [0.4, 0.5) is 0 Å². The van der Waals surface area contributed by atoms with E-state index in [2.05, 4.69) is 20.1 Å². The summed E-state index contributed by atoms with van der Waals surface area (Å²) in [6, 6.07) is 16.9. The molecule has 0 atom stereocenters. The molecule has 5 nitrogen and oxygen atoms in total. The Hall–Kier alpha value is -3.15. The maximum absolute atomic E-state index is 12.1. The average Bonchev–Trinajstić information content (AvgIpc) is 3.09. The van der Waals surface area contributed by atoms with Crippen LogP contribution in [0, 0.1) is 0 Å². The van der Waals surface area contributed by atoms with Gasteiger partial charge in [-0.2, -0.15) is 5.10 Å². The molecule has 0 unspecified atom stereocenters. The Morgan fingerprint density at radius 3 is 2.66 bits per heavy atom. The second-order valence-electron chi connectivity index (χ2n) is 6.41. The smallest absolute Gasteiger partial charge is 0.271 e. The zero-order valence-electron chi connectivity index (χ0n) is 15.2. The summed E-state index contributed by atoms with van der Waals surface area (Å²) in [4.78, 5) is 16.0. The van der Waals surface area contributed by atoms with Gasteiger partial charge in [0.15, 0.2) is 0 Å². The second-order valence-corrected chi connectivity index (χ2v) is 7.23. The SMILES string of the molecule is O=C(N/N=C\c1cn(Cc2ccc(Cl)c(Cl)c2)c2ccccc12)c1ccncc1. The van der Waals surface area contributed by atoms with Gasteiger partial charge in [-0.3, -0.25) is 9.78 Å². The van der Waals surface area contributed by atoms with Crippen molar-refractivity contribution in [3.63, 3.8) is 0 Å². The fourth-order valence-electron chi connectivity index (χ4n) is 3.07. The van der Waals surface area contributed by atoms with Gasteiger partial charge >= 0.3 is 0 Å². The van der Waals surface area contributed by atoms with Crippen LogP contribution in [0.15, 0.2) is 78.3 Å². The van der Waals surface area contributed by atoms with Crippen molar-refractivity contribution >= 4 is 46.2 Å². The van der Waals surface area contributed by atoms with Gasteiger partial charge in [0.2, 0.25) is 0 Å². The number of rotatable bonds is 5. The number of para-hydroxylation sites is 1. The summed E-state index contributed by atoms with van der Waals surface area (Å²) >= 11 is 12.2. The lowest BCUT2D eigenvalue weighted by Gasteiger charge is -2.06. The molecule has 7 heteroatoms. The summed E-state index contributed by atoms with van der Waals surface area (Å²) in [6.07, 6.45) is 6.77. The number of fused-ring (bicyclic) bond motifs is 1. The summed E-state index contributed by atoms with van der Waals surface area (Å²) < 4.78 is 2.11. The average molecular weight is 423 g/mol. The highest BCUT2D eigenvalue weighted by Gasteiger charge is 2.09. The molecule has 144 valence electrons. The summed E-state index contributed by atoms with van der Waals surface area (Å²) in [5.74, 6) is -0.289. The van der Waals surface area contributed by atoms with Crippen LogP contribution in [0.2, 0.25) is 10.0 Å². The lowest BCUT2D eigenvalue weighted by Crippen LogP contribution is -2.17. The van der Waals surface area contributed by atoms with Crippen molar-refractivity contribution in [1.82, 2.24) is 15.0 Å². The molecule has 0 fully saturated rings. The number of pyridine rings is 1. The van der Waals surface area contributed by atoms with E-state index >= 15 is 0 Å². The number of hydrogen-bond donors (Lipinski definition) is 1. The lowest BCUT2D eigenvalue weighted by molar-refractivity contribution is 0.0955. The standard InChI is InChI=1S/C22H16Cl2N4O/c23-19-6-5-15(11-20(19)24)13-28-14-17(18-3-1-2-4-21(18)28)12-26-27-22(29)16-7-9-25-10-8-16/h1-12,14H,13H2,(H,27,29)/b26-12-. The van der Waals surface area contributed by atoms with E-state index in [0.29, 0.717) is 22.2 Å². The third-order valence-electron chi connectivity index (χ3n) is 4.47. The number of nitrogens with zero attached hydrogens (tertiary/aromatic N) is 3. The Labute approximate surface area is 177 Å².